The highest BCUT2D eigenvalue weighted by atomic mass is 14.8. The van der Waals surface area contributed by atoms with E-state index in [-0.39, 0.29) is 0 Å². The summed E-state index contributed by atoms with van der Waals surface area (Å²) >= 11 is 0. The molecule has 0 spiro atoms. The zero-order valence-electron chi connectivity index (χ0n) is 7.02. The average Bonchev–Trinajstić information content (AvgIpc) is 2.34. The lowest BCUT2D eigenvalue weighted by Gasteiger charge is -2.04. The van der Waals surface area contributed by atoms with Gasteiger partial charge in [-0.05, 0) is 25.3 Å². The SMILES string of the molecule is CCC(C)C1=NCC(C)=C1. The molecule has 0 N–H and O–H groups in total. The van der Waals surface area contributed by atoms with Gasteiger partial charge in [0.2, 0.25) is 0 Å². The molecule has 0 saturated heterocycles. The van der Waals surface area contributed by atoms with E-state index in [0.29, 0.717) is 5.92 Å². The molecule has 0 fully saturated rings. The van der Waals surface area contributed by atoms with Crippen molar-refractivity contribution in [2.75, 3.05) is 6.54 Å². The topological polar surface area (TPSA) is 12.4 Å². The van der Waals surface area contributed by atoms with E-state index in [1.54, 1.807) is 0 Å². The van der Waals surface area contributed by atoms with Crippen LogP contribution in [0.15, 0.2) is 16.6 Å². The molecule has 0 aromatic heterocycles. The third-order valence-corrected chi connectivity index (χ3v) is 2.02. The van der Waals surface area contributed by atoms with Gasteiger partial charge in [0.05, 0.1) is 6.54 Å². The second-order valence-corrected chi connectivity index (χ2v) is 3.04. The maximum atomic E-state index is 4.41. The molecule has 0 aromatic rings. The van der Waals surface area contributed by atoms with Crippen molar-refractivity contribution < 1.29 is 0 Å². The fraction of sp³-hybridized carbons (Fsp3) is 0.667. The van der Waals surface area contributed by atoms with Crippen LogP contribution >= 0.6 is 0 Å². The van der Waals surface area contributed by atoms with Gasteiger partial charge in [0.1, 0.15) is 0 Å². The van der Waals surface area contributed by atoms with Crippen LogP contribution in [0.3, 0.4) is 0 Å². The summed E-state index contributed by atoms with van der Waals surface area (Å²) in [5, 5.41) is 0. The number of allylic oxidation sites excluding steroid dienone is 1. The van der Waals surface area contributed by atoms with Crippen molar-refractivity contribution in [3.8, 4) is 0 Å². The van der Waals surface area contributed by atoms with Gasteiger partial charge in [-0.25, -0.2) is 0 Å². The number of rotatable bonds is 2. The number of nitrogens with zero attached hydrogens (tertiary/aromatic N) is 1. The first-order chi connectivity index (χ1) is 4.74. The van der Waals surface area contributed by atoms with Crippen molar-refractivity contribution in [2.24, 2.45) is 10.9 Å². The third kappa shape index (κ3) is 1.47. The van der Waals surface area contributed by atoms with Gasteiger partial charge in [-0.1, -0.05) is 19.4 Å². The molecular weight excluding hydrogens is 122 g/mol. The van der Waals surface area contributed by atoms with Gasteiger partial charge in [0.15, 0.2) is 0 Å². The Bertz CT molecular complexity index is 177. The minimum absolute atomic E-state index is 0.650. The van der Waals surface area contributed by atoms with Crippen LogP contribution in [-0.4, -0.2) is 12.3 Å². The van der Waals surface area contributed by atoms with Crippen molar-refractivity contribution in [1.29, 1.82) is 0 Å². The van der Waals surface area contributed by atoms with Crippen LogP contribution in [0.1, 0.15) is 27.2 Å². The Morgan fingerprint density at radius 2 is 2.40 bits per heavy atom. The number of hydrogen-bond acceptors (Lipinski definition) is 1. The Labute approximate surface area is 62.9 Å². The molecule has 1 unspecified atom stereocenters. The van der Waals surface area contributed by atoms with Crippen molar-refractivity contribution >= 4 is 5.71 Å². The molecule has 56 valence electrons. The molecule has 0 aromatic carbocycles. The summed E-state index contributed by atoms with van der Waals surface area (Å²) < 4.78 is 0. The van der Waals surface area contributed by atoms with Crippen LogP contribution < -0.4 is 0 Å². The molecule has 0 bridgehead atoms. The molecule has 0 aliphatic carbocycles. The van der Waals surface area contributed by atoms with Crippen LogP contribution in [0.4, 0.5) is 0 Å². The predicted octanol–water partition coefficient (Wildman–Crippen LogP) is 2.43. The third-order valence-electron chi connectivity index (χ3n) is 2.02. The highest BCUT2D eigenvalue weighted by molar-refractivity contribution is 5.98. The molecule has 0 saturated carbocycles. The fourth-order valence-electron chi connectivity index (χ4n) is 1.07. The molecule has 0 amide bonds. The Balaban J connectivity index is 2.58. The molecule has 10 heavy (non-hydrogen) atoms. The monoisotopic (exact) mass is 137 g/mol. The van der Waals surface area contributed by atoms with Gasteiger partial charge < -0.3 is 0 Å². The first kappa shape index (κ1) is 7.52. The average molecular weight is 137 g/mol. The first-order valence-corrected chi connectivity index (χ1v) is 3.95. The van der Waals surface area contributed by atoms with Crippen LogP contribution in [-0.2, 0) is 0 Å². The Kier molecular flexibility index (Phi) is 2.25. The molecule has 1 atom stereocenters. The molecule has 0 radical (unpaired) electrons. The van der Waals surface area contributed by atoms with E-state index >= 15 is 0 Å². The maximum Gasteiger partial charge on any atom is 0.0604 e. The standard InChI is InChI=1S/C9H15N/c1-4-8(3)9-5-7(2)6-10-9/h5,8H,4,6H2,1-3H3. The Morgan fingerprint density at radius 3 is 2.80 bits per heavy atom. The molecule has 1 nitrogen and oxygen atoms in total. The van der Waals surface area contributed by atoms with E-state index in [2.05, 4.69) is 31.8 Å². The van der Waals surface area contributed by atoms with Crippen LogP contribution in [0.5, 0.6) is 0 Å². The lowest BCUT2D eigenvalue weighted by molar-refractivity contribution is 0.742. The summed E-state index contributed by atoms with van der Waals surface area (Å²) in [6.45, 7) is 7.50. The highest BCUT2D eigenvalue weighted by Crippen LogP contribution is 2.13. The van der Waals surface area contributed by atoms with E-state index in [1.165, 1.54) is 17.7 Å². The van der Waals surface area contributed by atoms with Crippen molar-refractivity contribution in [3.63, 3.8) is 0 Å². The number of hydrogen-bond donors (Lipinski definition) is 0. The quantitative estimate of drug-likeness (QED) is 0.554. The second-order valence-electron chi connectivity index (χ2n) is 3.04. The second kappa shape index (κ2) is 3.00. The van der Waals surface area contributed by atoms with Gasteiger partial charge in [0, 0.05) is 5.71 Å². The maximum absolute atomic E-state index is 4.41. The van der Waals surface area contributed by atoms with E-state index in [9.17, 15) is 0 Å². The van der Waals surface area contributed by atoms with Gasteiger partial charge >= 0.3 is 0 Å². The summed E-state index contributed by atoms with van der Waals surface area (Å²) in [5.74, 6) is 0.650. The van der Waals surface area contributed by atoms with Gasteiger partial charge in [-0.3, -0.25) is 4.99 Å². The van der Waals surface area contributed by atoms with Gasteiger partial charge in [-0.15, -0.1) is 0 Å². The molecule has 1 heterocycles. The lowest BCUT2D eigenvalue weighted by atomic mass is 10.0. The summed E-state index contributed by atoms with van der Waals surface area (Å²) in [4.78, 5) is 4.41. The molecule has 1 heteroatoms. The van der Waals surface area contributed by atoms with Crippen molar-refractivity contribution in [2.45, 2.75) is 27.2 Å². The van der Waals surface area contributed by atoms with E-state index in [1.807, 2.05) is 0 Å². The molecular formula is C9H15N. The Morgan fingerprint density at radius 1 is 1.70 bits per heavy atom. The minimum Gasteiger partial charge on any atom is -0.285 e. The summed E-state index contributed by atoms with van der Waals surface area (Å²) in [6.07, 6.45) is 3.41. The minimum atomic E-state index is 0.650. The van der Waals surface area contributed by atoms with Crippen LogP contribution in [0.2, 0.25) is 0 Å². The summed E-state index contributed by atoms with van der Waals surface area (Å²) in [7, 11) is 0. The van der Waals surface area contributed by atoms with Crippen LogP contribution in [0.25, 0.3) is 0 Å². The summed E-state index contributed by atoms with van der Waals surface area (Å²) in [5.41, 5.74) is 2.69. The first-order valence-electron chi connectivity index (χ1n) is 3.95. The molecule has 1 rings (SSSR count). The van der Waals surface area contributed by atoms with E-state index in [4.69, 9.17) is 0 Å². The van der Waals surface area contributed by atoms with E-state index in [0.717, 1.165) is 6.54 Å². The smallest absolute Gasteiger partial charge is 0.0604 e. The number of aliphatic imine (C=N–C) groups is 1. The molecule has 1 aliphatic heterocycles. The Hall–Kier alpha value is -0.590. The lowest BCUT2D eigenvalue weighted by Crippen LogP contribution is -2.04. The van der Waals surface area contributed by atoms with Gasteiger partial charge in [-0.2, -0.15) is 0 Å². The highest BCUT2D eigenvalue weighted by Gasteiger charge is 2.09. The van der Waals surface area contributed by atoms with Crippen molar-refractivity contribution in [3.05, 3.63) is 11.6 Å². The summed E-state index contributed by atoms with van der Waals surface area (Å²) in [6, 6.07) is 0. The largest absolute Gasteiger partial charge is 0.285 e. The fourth-order valence-corrected chi connectivity index (χ4v) is 1.07. The normalized spacial score (nSPS) is 20.3. The zero-order valence-corrected chi connectivity index (χ0v) is 7.02. The molecule has 1 aliphatic rings. The zero-order chi connectivity index (χ0) is 7.56. The van der Waals surface area contributed by atoms with E-state index < -0.39 is 0 Å². The van der Waals surface area contributed by atoms with Gasteiger partial charge in [0.25, 0.3) is 0 Å². The van der Waals surface area contributed by atoms with Crippen LogP contribution in [0, 0.1) is 5.92 Å². The van der Waals surface area contributed by atoms with Crippen molar-refractivity contribution in [1.82, 2.24) is 0 Å². The predicted molar refractivity (Wildman–Crippen MR) is 45.5 cm³/mol.